The molecule has 1 aliphatic carbocycles. The third-order valence-electron chi connectivity index (χ3n) is 4.49. The van der Waals surface area contributed by atoms with Gasteiger partial charge in [0.15, 0.2) is 6.61 Å². The number of hydrogen-bond acceptors (Lipinski definition) is 7. The molecule has 4 rings (SSSR count). The van der Waals surface area contributed by atoms with E-state index < -0.39 is 12.8 Å². The van der Waals surface area contributed by atoms with Gasteiger partial charge in [0.25, 0.3) is 5.56 Å². The number of alkyl halides is 3. The van der Waals surface area contributed by atoms with E-state index >= 15 is 0 Å². The average molecular weight is 423 g/mol. The highest BCUT2D eigenvalue weighted by Crippen LogP contribution is 2.38. The second-order valence-electron chi connectivity index (χ2n) is 6.67. The molecule has 0 saturated heterocycles. The van der Waals surface area contributed by atoms with E-state index in [-0.39, 0.29) is 11.6 Å². The zero-order valence-corrected chi connectivity index (χ0v) is 15.9. The second kappa shape index (κ2) is 7.90. The van der Waals surface area contributed by atoms with Gasteiger partial charge in [0.2, 0.25) is 0 Å². The minimum absolute atomic E-state index is 0.265. The van der Waals surface area contributed by atoms with Crippen LogP contribution in [0.3, 0.4) is 0 Å². The van der Waals surface area contributed by atoms with E-state index in [4.69, 9.17) is 0 Å². The zero-order chi connectivity index (χ0) is 20.4. The van der Waals surface area contributed by atoms with E-state index in [1.807, 2.05) is 0 Å². The van der Waals surface area contributed by atoms with Crippen molar-refractivity contribution in [3.8, 4) is 17.3 Å². The summed E-state index contributed by atoms with van der Waals surface area (Å²) < 4.78 is 42.4. The van der Waals surface area contributed by atoms with Gasteiger partial charge in [-0.2, -0.15) is 18.3 Å². The van der Waals surface area contributed by atoms with E-state index in [1.165, 1.54) is 35.6 Å². The summed E-state index contributed by atoms with van der Waals surface area (Å²) in [7, 11) is 0. The first-order chi connectivity index (χ1) is 13.9. The highest BCUT2D eigenvalue weighted by molar-refractivity contribution is 7.11. The smallest absolute Gasteiger partial charge is 0.422 e. The van der Waals surface area contributed by atoms with Gasteiger partial charge in [-0.15, -0.1) is 11.3 Å². The molecule has 0 N–H and O–H groups in total. The lowest BCUT2D eigenvalue weighted by Gasteiger charge is -2.22. The van der Waals surface area contributed by atoms with Gasteiger partial charge in [0, 0.05) is 41.0 Å². The number of nitrogens with zero attached hydrogens (tertiary/aromatic N) is 5. The van der Waals surface area contributed by atoms with E-state index in [9.17, 15) is 18.0 Å². The molecule has 1 aliphatic rings. The van der Waals surface area contributed by atoms with Crippen LogP contribution in [0.4, 0.5) is 13.2 Å². The molecule has 3 aromatic rings. The first-order valence-corrected chi connectivity index (χ1v) is 9.74. The lowest BCUT2D eigenvalue weighted by atomic mass is 9.86. The van der Waals surface area contributed by atoms with Gasteiger partial charge in [-0.05, 0) is 18.9 Å². The van der Waals surface area contributed by atoms with Crippen molar-refractivity contribution >= 4 is 11.3 Å². The molecule has 11 heteroatoms. The molecule has 0 radical (unpaired) electrons. The van der Waals surface area contributed by atoms with E-state index in [0.717, 1.165) is 22.7 Å². The molecular weight excluding hydrogens is 407 g/mol. The van der Waals surface area contributed by atoms with Gasteiger partial charge < -0.3 is 4.74 Å². The minimum atomic E-state index is -4.46. The molecular formula is C18H16F3N5O2S. The quantitative estimate of drug-likeness (QED) is 0.604. The Morgan fingerprint density at radius 2 is 1.90 bits per heavy atom. The molecule has 29 heavy (non-hydrogen) atoms. The fourth-order valence-electron chi connectivity index (χ4n) is 2.77. The van der Waals surface area contributed by atoms with Gasteiger partial charge in [0.1, 0.15) is 0 Å². The summed E-state index contributed by atoms with van der Waals surface area (Å²) in [5.74, 6) is 0.528. The molecule has 3 heterocycles. The first kappa shape index (κ1) is 19.5. The van der Waals surface area contributed by atoms with Crippen LogP contribution in [0.2, 0.25) is 0 Å². The monoisotopic (exact) mass is 423 g/mol. The summed E-state index contributed by atoms with van der Waals surface area (Å²) in [6, 6.07) is 2.51. The molecule has 0 aliphatic heterocycles. The van der Waals surface area contributed by atoms with Crippen molar-refractivity contribution in [2.45, 2.75) is 37.9 Å². The molecule has 152 valence electrons. The maximum absolute atomic E-state index is 12.2. The van der Waals surface area contributed by atoms with Crippen molar-refractivity contribution in [3.63, 3.8) is 0 Å². The second-order valence-corrected chi connectivity index (χ2v) is 7.81. The van der Waals surface area contributed by atoms with E-state index in [0.29, 0.717) is 23.7 Å². The highest BCUT2D eigenvalue weighted by atomic mass is 32.1. The molecule has 7 nitrogen and oxygen atoms in total. The van der Waals surface area contributed by atoms with Crippen LogP contribution < -0.4 is 10.3 Å². The van der Waals surface area contributed by atoms with Crippen LogP contribution in [0.15, 0.2) is 35.5 Å². The van der Waals surface area contributed by atoms with Gasteiger partial charge in [-0.25, -0.2) is 19.6 Å². The molecule has 1 fully saturated rings. The maximum atomic E-state index is 12.2. The van der Waals surface area contributed by atoms with Crippen LogP contribution >= 0.6 is 11.3 Å². The fourth-order valence-corrected chi connectivity index (χ4v) is 3.84. The summed E-state index contributed by atoms with van der Waals surface area (Å²) in [5.41, 5.74) is 0.617. The van der Waals surface area contributed by atoms with Crippen LogP contribution in [-0.4, -0.2) is 37.5 Å². The molecule has 0 atom stereocenters. The van der Waals surface area contributed by atoms with Gasteiger partial charge in [-0.1, -0.05) is 6.42 Å². The van der Waals surface area contributed by atoms with Crippen LogP contribution in [-0.2, 0) is 6.54 Å². The molecule has 0 spiro atoms. The fraction of sp³-hybridized carbons (Fsp3) is 0.389. The Labute approximate surface area is 167 Å². The molecule has 3 aromatic heterocycles. The highest BCUT2D eigenvalue weighted by Gasteiger charge is 2.29. The number of ether oxygens (including phenoxy) is 1. The SMILES string of the molecule is O=c1ccc(-c2cnc(OCC(F)(F)F)nc2)nn1Cc1cnc(C2CCC2)s1. The molecule has 0 unspecified atom stereocenters. The Hall–Kier alpha value is -2.82. The Morgan fingerprint density at radius 1 is 1.14 bits per heavy atom. The number of hydrogen-bond donors (Lipinski definition) is 0. The van der Waals surface area contributed by atoms with Crippen LogP contribution in [0.1, 0.15) is 35.1 Å². The Balaban J connectivity index is 1.49. The van der Waals surface area contributed by atoms with Crippen molar-refractivity contribution < 1.29 is 17.9 Å². The predicted molar refractivity (Wildman–Crippen MR) is 98.9 cm³/mol. The van der Waals surface area contributed by atoms with Gasteiger partial charge in [0.05, 0.1) is 17.2 Å². The molecule has 0 amide bonds. The summed E-state index contributed by atoms with van der Waals surface area (Å²) in [5, 5.41) is 5.42. The van der Waals surface area contributed by atoms with Crippen molar-refractivity contribution in [2.75, 3.05) is 6.61 Å². The predicted octanol–water partition coefficient (Wildman–Crippen LogP) is 3.41. The van der Waals surface area contributed by atoms with Crippen LogP contribution in [0.5, 0.6) is 6.01 Å². The van der Waals surface area contributed by atoms with Crippen molar-refractivity contribution in [1.82, 2.24) is 24.7 Å². The summed E-state index contributed by atoms with van der Waals surface area (Å²) >= 11 is 1.59. The topological polar surface area (TPSA) is 82.8 Å². The van der Waals surface area contributed by atoms with Crippen LogP contribution in [0.25, 0.3) is 11.3 Å². The summed E-state index contributed by atoms with van der Waals surface area (Å²) in [6.07, 6.45) is 3.45. The van der Waals surface area contributed by atoms with Gasteiger partial charge in [-0.3, -0.25) is 4.79 Å². The number of rotatable bonds is 6. The maximum Gasteiger partial charge on any atom is 0.422 e. The Bertz CT molecular complexity index is 1040. The summed E-state index contributed by atoms with van der Waals surface area (Å²) in [4.78, 5) is 25.1. The Morgan fingerprint density at radius 3 is 2.55 bits per heavy atom. The van der Waals surface area contributed by atoms with E-state index in [1.54, 1.807) is 17.5 Å². The molecule has 0 bridgehead atoms. The van der Waals surface area contributed by atoms with Crippen molar-refractivity contribution in [3.05, 3.63) is 51.0 Å². The minimum Gasteiger partial charge on any atom is -0.454 e. The standard InChI is InChI=1S/C18H16F3N5O2S/c19-18(20,21)10-28-17-23-6-12(7-24-17)14-4-5-15(27)26(25-14)9-13-8-22-16(29-13)11-2-1-3-11/h4-8,11H,1-3,9-10H2. The third-order valence-corrected chi connectivity index (χ3v) is 5.63. The van der Waals surface area contributed by atoms with E-state index in [2.05, 4.69) is 24.8 Å². The lowest BCUT2D eigenvalue weighted by molar-refractivity contribution is -0.154. The molecule has 0 aromatic carbocycles. The normalized spacial score (nSPS) is 14.6. The van der Waals surface area contributed by atoms with Gasteiger partial charge >= 0.3 is 12.2 Å². The number of halogens is 3. The largest absolute Gasteiger partial charge is 0.454 e. The molecule has 1 saturated carbocycles. The Kier molecular flexibility index (Phi) is 5.31. The third kappa shape index (κ3) is 4.78. The zero-order valence-electron chi connectivity index (χ0n) is 15.1. The van der Waals surface area contributed by atoms with Crippen molar-refractivity contribution in [1.29, 1.82) is 0 Å². The number of aromatic nitrogens is 5. The van der Waals surface area contributed by atoms with Crippen LogP contribution in [0, 0.1) is 0 Å². The van der Waals surface area contributed by atoms with Crippen molar-refractivity contribution in [2.24, 2.45) is 0 Å². The summed E-state index contributed by atoms with van der Waals surface area (Å²) in [6.45, 7) is -1.17. The lowest BCUT2D eigenvalue weighted by Crippen LogP contribution is -2.22. The first-order valence-electron chi connectivity index (χ1n) is 8.92. The number of thiazole rings is 1. The average Bonchev–Trinajstić information content (AvgIpc) is 3.08.